The van der Waals surface area contributed by atoms with Gasteiger partial charge in [0.2, 0.25) is 0 Å². The Hall–Kier alpha value is -4.00. The largest absolute Gasteiger partial charge is 0.496 e. The minimum atomic E-state index is -0.446. The Bertz CT molecular complexity index is 1330. The molecule has 35 heavy (non-hydrogen) atoms. The second-order valence-corrected chi connectivity index (χ2v) is 9.27. The predicted molar refractivity (Wildman–Crippen MR) is 139 cm³/mol. The van der Waals surface area contributed by atoms with Crippen molar-refractivity contribution < 1.29 is 19.1 Å². The van der Waals surface area contributed by atoms with E-state index in [2.05, 4.69) is 50.4 Å². The van der Waals surface area contributed by atoms with Crippen LogP contribution in [-0.4, -0.2) is 24.7 Å². The SMILES string of the molecule is COc1ccc([N+](=O)[O-])cc1OCc1c(-c2cc(C)ccc2OC)ccc2c1C(C)=CC(C)(C)N2. The summed E-state index contributed by atoms with van der Waals surface area (Å²) in [5.74, 6) is 1.50. The van der Waals surface area contributed by atoms with E-state index in [-0.39, 0.29) is 17.8 Å². The van der Waals surface area contributed by atoms with Crippen molar-refractivity contribution in [3.63, 3.8) is 0 Å². The number of nitro groups is 1. The van der Waals surface area contributed by atoms with Crippen LogP contribution in [0.15, 0.2) is 54.6 Å². The summed E-state index contributed by atoms with van der Waals surface area (Å²) in [7, 11) is 3.17. The standard InChI is InChI=1S/C28H30N2O5/c1-17-7-11-24(33-5)21(13-17)20-9-10-23-27(18(2)15-28(3,4)29-23)22(20)16-35-26-14-19(30(31)32)8-12-25(26)34-6/h7-15,29H,16H2,1-6H3. The zero-order valence-corrected chi connectivity index (χ0v) is 20.9. The number of nitrogens with zero attached hydrogens (tertiary/aromatic N) is 1. The van der Waals surface area contributed by atoms with Crippen LogP contribution >= 0.6 is 0 Å². The topological polar surface area (TPSA) is 82.9 Å². The van der Waals surface area contributed by atoms with Crippen molar-refractivity contribution in [3.8, 4) is 28.4 Å². The number of benzene rings is 3. The van der Waals surface area contributed by atoms with Gasteiger partial charge in [0.1, 0.15) is 12.4 Å². The number of nitro benzene ring substituents is 1. The molecule has 182 valence electrons. The molecule has 1 heterocycles. The number of nitrogens with one attached hydrogen (secondary N) is 1. The van der Waals surface area contributed by atoms with Crippen molar-refractivity contribution >= 4 is 16.9 Å². The van der Waals surface area contributed by atoms with E-state index in [1.54, 1.807) is 13.2 Å². The molecule has 3 aromatic carbocycles. The van der Waals surface area contributed by atoms with Crippen molar-refractivity contribution in [2.75, 3.05) is 19.5 Å². The van der Waals surface area contributed by atoms with Crippen LogP contribution in [0.3, 0.4) is 0 Å². The first-order valence-electron chi connectivity index (χ1n) is 11.4. The third kappa shape index (κ3) is 4.80. The van der Waals surface area contributed by atoms with E-state index in [1.807, 2.05) is 19.1 Å². The summed E-state index contributed by atoms with van der Waals surface area (Å²) < 4.78 is 17.3. The van der Waals surface area contributed by atoms with Crippen LogP contribution in [0.5, 0.6) is 17.2 Å². The van der Waals surface area contributed by atoms with Crippen molar-refractivity contribution in [2.24, 2.45) is 0 Å². The molecule has 4 rings (SSSR count). The van der Waals surface area contributed by atoms with Crippen LogP contribution in [0.1, 0.15) is 37.5 Å². The lowest BCUT2D eigenvalue weighted by Crippen LogP contribution is -2.32. The summed E-state index contributed by atoms with van der Waals surface area (Å²) in [5, 5.41) is 14.9. The molecule has 0 saturated carbocycles. The zero-order chi connectivity index (χ0) is 25.3. The summed E-state index contributed by atoms with van der Waals surface area (Å²) in [6.07, 6.45) is 2.20. The van der Waals surface area contributed by atoms with Crippen molar-refractivity contribution in [1.29, 1.82) is 0 Å². The average molecular weight is 475 g/mol. The van der Waals surface area contributed by atoms with Gasteiger partial charge in [0.25, 0.3) is 5.69 Å². The Morgan fingerprint density at radius 3 is 2.31 bits per heavy atom. The Balaban J connectivity index is 1.88. The summed E-state index contributed by atoms with van der Waals surface area (Å²) in [6, 6.07) is 14.6. The highest BCUT2D eigenvalue weighted by Gasteiger charge is 2.27. The van der Waals surface area contributed by atoms with Crippen molar-refractivity contribution in [1.82, 2.24) is 0 Å². The Morgan fingerprint density at radius 1 is 0.914 bits per heavy atom. The van der Waals surface area contributed by atoms with Gasteiger partial charge in [-0.3, -0.25) is 10.1 Å². The normalized spacial score (nSPS) is 13.8. The number of anilines is 1. The third-order valence-electron chi connectivity index (χ3n) is 6.12. The number of aryl methyl sites for hydroxylation is 1. The monoisotopic (exact) mass is 474 g/mol. The molecule has 0 fully saturated rings. The summed E-state index contributed by atoms with van der Waals surface area (Å²) in [6.45, 7) is 8.57. The van der Waals surface area contributed by atoms with Crippen LogP contribution < -0.4 is 19.5 Å². The molecular weight excluding hydrogens is 444 g/mol. The Kier molecular flexibility index (Phi) is 6.43. The molecule has 3 aromatic rings. The van der Waals surface area contributed by atoms with Gasteiger partial charge in [0, 0.05) is 28.4 Å². The van der Waals surface area contributed by atoms with Gasteiger partial charge in [0.15, 0.2) is 11.5 Å². The van der Waals surface area contributed by atoms with Gasteiger partial charge in [-0.1, -0.05) is 23.8 Å². The van der Waals surface area contributed by atoms with Crippen LogP contribution in [0, 0.1) is 17.0 Å². The van der Waals surface area contributed by atoms with Crippen LogP contribution in [0.25, 0.3) is 16.7 Å². The highest BCUT2D eigenvalue weighted by atomic mass is 16.6. The van der Waals surface area contributed by atoms with Gasteiger partial charge in [0.05, 0.1) is 30.7 Å². The van der Waals surface area contributed by atoms with Gasteiger partial charge in [-0.15, -0.1) is 0 Å². The molecule has 1 aliphatic heterocycles. The minimum absolute atomic E-state index is 0.0593. The van der Waals surface area contributed by atoms with Gasteiger partial charge in [-0.2, -0.15) is 0 Å². The van der Waals surface area contributed by atoms with E-state index >= 15 is 0 Å². The van der Waals surface area contributed by atoms with E-state index in [1.165, 1.54) is 19.2 Å². The summed E-state index contributed by atoms with van der Waals surface area (Å²) in [4.78, 5) is 10.9. The Labute approximate surface area is 205 Å². The Morgan fingerprint density at radius 2 is 1.63 bits per heavy atom. The van der Waals surface area contributed by atoms with Crippen LogP contribution in [0.2, 0.25) is 0 Å². The molecule has 0 unspecified atom stereocenters. The summed E-state index contributed by atoms with van der Waals surface area (Å²) in [5.41, 5.74) is 6.93. The lowest BCUT2D eigenvalue weighted by molar-refractivity contribution is -0.385. The van der Waals surface area contributed by atoms with Gasteiger partial charge >= 0.3 is 0 Å². The number of allylic oxidation sites excluding steroid dienone is 1. The second-order valence-electron chi connectivity index (χ2n) is 9.27. The second kappa shape index (κ2) is 9.33. The molecule has 0 atom stereocenters. The molecule has 0 radical (unpaired) electrons. The molecule has 1 aliphatic rings. The maximum absolute atomic E-state index is 11.3. The van der Waals surface area contributed by atoms with E-state index in [9.17, 15) is 10.1 Å². The number of fused-ring (bicyclic) bond motifs is 1. The molecule has 0 saturated heterocycles. The highest BCUT2D eigenvalue weighted by Crippen LogP contribution is 2.43. The highest BCUT2D eigenvalue weighted by molar-refractivity contribution is 5.88. The first kappa shape index (κ1) is 24.1. The summed E-state index contributed by atoms with van der Waals surface area (Å²) >= 11 is 0. The van der Waals surface area contributed by atoms with Crippen LogP contribution in [-0.2, 0) is 6.61 Å². The van der Waals surface area contributed by atoms with Gasteiger partial charge in [-0.05, 0) is 63.1 Å². The van der Waals surface area contributed by atoms with E-state index in [4.69, 9.17) is 14.2 Å². The first-order valence-corrected chi connectivity index (χ1v) is 11.4. The molecule has 0 aromatic heterocycles. The minimum Gasteiger partial charge on any atom is -0.496 e. The molecule has 7 heteroatoms. The lowest BCUT2D eigenvalue weighted by Gasteiger charge is -2.33. The lowest BCUT2D eigenvalue weighted by atomic mass is 9.85. The van der Waals surface area contributed by atoms with E-state index in [0.29, 0.717) is 11.5 Å². The third-order valence-corrected chi connectivity index (χ3v) is 6.12. The molecule has 0 aliphatic carbocycles. The molecule has 7 nitrogen and oxygen atoms in total. The first-order chi connectivity index (χ1) is 16.6. The quantitative estimate of drug-likeness (QED) is 0.300. The van der Waals surface area contributed by atoms with E-state index in [0.717, 1.165) is 44.8 Å². The molecule has 0 bridgehead atoms. The fourth-order valence-corrected chi connectivity index (χ4v) is 4.68. The van der Waals surface area contributed by atoms with Crippen molar-refractivity contribution in [2.45, 2.75) is 39.8 Å². The number of ether oxygens (including phenoxy) is 3. The maximum Gasteiger partial charge on any atom is 0.273 e. The number of methoxy groups -OCH3 is 2. The molecule has 0 amide bonds. The number of hydrogen-bond donors (Lipinski definition) is 1. The smallest absolute Gasteiger partial charge is 0.273 e. The molecule has 0 spiro atoms. The predicted octanol–water partition coefficient (Wildman–Crippen LogP) is 6.77. The fourth-order valence-electron chi connectivity index (χ4n) is 4.68. The van der Waals surface area contributed by atoms with E-state index < -0.39 is 4.92 Å². The average Bonchev–Trinajstić information content (AvgIpc) is 2.81. The number of hydrogen-bond acceptors (Lipinski definition) is 6. The number of non-ortho nitro benzene ring substituents is 1. The van der Waals surface area contributed by atoms with Gasteiger partial charge < -0.3 is 19.5 Å². The van der Waals surface area contributed by atoms with Crippen LogP contribution in [0.4, 0.5) is 11.4 Å². The van der Waals surface area contributed by atoms with Gasteiger partial charge in [-0.25, -0.2) is 0 Å². The molecular formula is C28H30N2O5. The number of rotatable bonds is 7. The molecule has 1 N–H and O–H groups in total. The maximum atomic E-state index is 11.3. The van der Waals surface area contributed by atoms with Crippen molar-refractivity contribution in [3.05, 3.63) is 81.4 Å². The fraction of sp³-hybridized carbons (Fsp3) is 0.286. The zero-order valence-electron chi connectivity index (χ0n) is 20.9.